The summed E-state index contributed by atoms with van der Waals surface area (Å²) in [7, 11) is 1.58. The number of piperidine rings is 1. The molecule has 130 valence electrons. The number of carbonyl (C=O) groups is 3. The van der Waals surface area contributed by atoms with Gasteiger partial charge in [-0.05, 0) is 30.7 Å². The van der Waals surface area contributed by atoms with Crippen LogP contribution in [0.15, 0.2) is 17.5 Å². The molecule has 1 aromatic rings. The summed E-state index contributed by atoms with van der Waals surface area (Å²) in [5, 5.41) is 4.56. The van der Waals surface area contributed by atoms with E-state index in [1.165, 1.54) is 0 Å². The summed E-state index contributed by atoms with van der Waals surface area (Å²) in [4.78, 5) is 41.3. The van der Waals surface area contributed by atoms with Crippen molar-refractivity contribution in [3.05, 3.63) is 22.4 Å². The van der Waals surface area contributed by atoms with Crippen LogP contribution in [0, 0.1) is 0 Å². The number of nitrogens with zero attached hydrogens (tertiary/aromatic N) is 2. The van der Waals surface area contributed by atoms with Gasteiger partial charge in [-0.15, -0.1) is 11.3 Å². The summed E-state index contributed by atoms with van der Waals surface area (Å²) in [6, 6.07) is 3.92. The van der Waals surface area contributed by atoms with E-state index >= 15 is 0 Å². The van der Waals surface area contributed by atoms with E-state index in [4.69, 9.17) is 0 Å². The van der Waals surface area contributed by atoms with Crippen molar-refractivity contribution in [3.63, 3.8) is 0 Å². The van der Waals surface area contributed by atoms with Crippen molar-refractivity contribution in [2.45, 2.75) is 37.6 Å². The topological polar surface area (TPSA) is 69.7 Å². The van der Waals surface area contributed by atoms with Crippen LogP contribution >= 0.6 is 11.3 Å². The predicted molar refractivity (Wildman–Crippen MR) is 91.6 cm³/mol. The minimum absolute atomic E-state index is 0.0196. The van der Waals surface area contributed by atoms with Gasteiger partial charge in [-0.25, -0.2) is 0 Å². The van der Waals surface area contributed by atoms with Crippen molar-refractivity contribution in [2.24, 2.45) is 0 Å². The van der Waals surface area contributed by atoms with Gasteiger partial charge in [0.15, 0.2) is 0 Å². The molecular weight excluding hydrogens is 326 g/mol. The van der Waals surface area contributed by atoms with Crippen LogP contribution in [-0.4, -0.2) is 59.7 Å². The molecule has 2 fully saturated rings. The zero-order valence-corrected chi connectivity index (χ0v) is 14.7. The van der Waals surface area contributed by atoms with Gasteiger partial charge in [0.05, 0.1) is 12.0 Å². The highest BCUT2D eigenvalue weighted by molar-refractivity contribution is 7.10. The molecule has 3 heterocycles. The average molecular weight is 349 g/mol. The van der Waals surface area contributed by atoms with Crippen LogP contribution in [0.3, 0.4) is 0 Å². The minimum Gasteiger partial charge on any atom is -0.358 e. The van der Waals surface area contributed by atoms with Gasteiger partial charge < -0.3 is 15.1 Å². The van der Waals surface area contributed by atoms with Gasteiger partial charge in [0.1, 0.15) is 6.54 Å². The van der Waals surface area contributed by atoms with Gasteiger partial charge in [-0.2, -0.15) is 0 Å². The first-order chi connectivity index (χ1) is 11.5. The van der Waals surface area contributed by atoms with Crippen molar-refractivity contribution in [2.75, 3.05) is 26.7 Å². The Morgan fingerprint density at radius 3 is 2.92 bits per heavy atom. The van der Waals surface area contributed by atoms with Gasteiger partial charge in [-0.1, -0.05) is 6.07 Å². The molecule has 2 aliphatic heterocycles. The van der Waals surface area contributed by atoms with Crippen LogP contribution < -0.4 is 5.32 Å². The van der Waals surface area contributed by atoms with Crippen molar-refractivity contribution in [3.8, 4) is 0 Å². The van der Waals surface area contributed by atoms with Gasteiger partial charge in [0.2, 0.25) is 17.7 Å². The molecule has 1 unspecified atom stereocenters. The van der Waals surface area contributed by atoms with Crippen LogP contribution in [0.4, 0.5) is 0 Å². The molecule has 1 atom stereocenters. The molecule has 0 aliphatic carbocycles. The predicted octanol–water partition coefficient (Wildman–Crippen LogP) is 1.02. The highest BCUT2D eigenvalue weighted by Gasteiger charge is 2.48. The molecule has 6 nitrogen and oxygen atoms in total. The first-order valence-electron chi connectivity index (χ1n) is 8.35. The molecule has 0 bridgehead atoms. The zero-order chi connectivity index (χ0) is 17.2. The third-order valence-electron chi connectivity index (χ3n) is 5.07. The number of hydrogen-bond donors (Lipinski definition) is 1. The smallest absolute Gasteiger partial charge is 0.239 e. The van der Waals surface area contributed by atoms with Crippen molar-refractivity contribution in [1.29, 1.82) is 0 Å². The largest absolute Gasteiger partial charge is 0.358 e. The van der Waals surface area contributed by atoms with E-state index in [1.807, 2.05) is 22.4 Å². The van der Waals surface area contributed by atoms with E-state index in [2.05, 4.69) is 5.32 Å². The average Bonchev–Trinajstić information content (AvgIpc) is 3.19. The fourth-order valence-corrected chi connectivity index (χ4v) is 4.47. The zero-order valence-electron chi connectivity index (χ0n) is 13.9. The first-order valence-corrected chi connectivity index (χ1v) is 9.23. The van der Waals surface area contributed by atoms with E-state index in [9.17, 15) is 14.4 Å². The molecule has 1 aromatic heterocycles. The Balaban J connectivity index is 1.72. The monoisotopic (exact) mass is 349 g/mol. The summed E-state index contributed by atoms with van der Waals surface area (Å²) >= 11 is 1.59. The SMILES string of the molecule is CNC(=O)CN1C(=O)CCC12CCCN(C(=O)Cc1cccs1)C2. The van der Waals surface area contributed by atoms with E-state index in [0.29, 0.717) is 19.4 Å². The van der Waals surface area contributed by atoms with Crippen LogP contribution in [0.25, 0.3) is 0 Å². The summed E-state index contributed by atoms with van der Waals surface area (Å²) in [5.41, 5.74) is -0.368. The van der Waals surface area contributed by atoms with Crippen LogP contribution in [0.5, 0.6) is 0 Å². The molecule has 0 aromatic carbocycles. The van der Waals surface area contributed by atoms with Gasteiger partial charge in [0, 0.05) is 31.4 Å². The molecule has 24 heavy (non-hydrogen) atoms. The summed E-state index contributed by atoms with van der Waals surface area (Å²) in [6.07, 6.45) is 3.33. The number of amides is 3. The molecule has 2 saturated heterocycles. The Labute approximate surface area is 145 Å². The normalized spacial score (nSPS) is 23.8. The number of nitrogens with one attached hydrogen (secondary N) is 1. The maximum atomic E-state index is 12.6. The number of thiophene rings is 1. The quantitative estimate of drug-likeness (QED) is 0.882. The van der Waals surface area contributed by atoms with E-state index < -0.39 is 0 Å². The highest BCUT2D eigenvalue weighted by Crippen LogP contribution is 2.37. The Morgan fingerprint density at radius 2 is 2.21 bits per heavy atom. The third kappa shape index (κ3) is 3.31. The molecular formula is C17H23N3O3S. The van der Waals surface area contributed by atoms with Crippen molar-refractivity contribution in [1.82, 2.24) is 15.1 Å². The van der Waals surface area contributed by atoms with Crippen LogP contribution in [0.1, 0.15) is 30.6 Å². The molecule has 2 aliphatic rings. The molecule has 1 N–H and O–H groups in total. The van der Waals surface area contributed by atoms with Gasteiger partial charge in [0.25, 0.3) is 0 Å². The summed E-state index contributed by atoms with van der Waals surface area (Å²) < 4.78 is 0. The molecule has 7 heteroatoms. The van der Waals surface area contributed by atoms with Gasteiger partial charge >= 0.3 is 0 Å². The lowest BCUT2D eigenvalue weighted by molar-refractivity contribution is -0.142. The lowest BCUT2D eigenvalue weighted by Crippen LogP contribution is -2.59. The van der Waals surface area contributed by atoms with Crippen molar-refractivity contribution < 1.29 is 14.4 Å². The summed E-state index contributed by atoms with van der Waals surface area (Å²) in [5.74, 6) is -0.0337. The molecule has 3 rings (SSSR count). The molecule has 0 radical (unpaired) electrons. The van der Waals surface area contributed by atoms with E-state index in [0.717, 1.165) is 30.7 Å². The molecule has 0 saturated carbocycles. The number of hydrogen-bond acceptors (Lipinski definition) is 4. The van der Waals surface area contributed by atoms with E-state index in [-0.39, 0.29) is 29.8 Å². The minimum atomic E-state index is -0.368. The Morgan fingerprint density at radius 1 is 1.38 bits per heavy atom. The molecule has 1 spiro atoms. The Hall–Kier alpha value is -1.89. The number of rotatable bonds is 4. The van der Waals surface area contributed by atoms with Crippen LogP contribution in [0.2, 0.25) is 0 Å². The maximum absolute atomic E-state index is 12.6. The highest BCUT2D eigenvalue weighted by atomic mass is 32.1. The number of carbonyl (C=O) groups excluding carboxylic acids is 3. The van der Waals surface area contributed by atoms with Crippen molar-refractivity contribution >= 4 is 29.1 Å². The second kappa shape index (κ2) is 6.93. The standard InChI is InChI=1S/C17H23N3O3S/c1-18-14(21)11-20-15(22)5-7-17(20)6-3-8-19(12-17)16(23)10-13-4-2-9-24-13/h2,4,9H,3,5-8,10-12H2,1H3,(H,18,21). The lowest BCUT2D eigenvalue weighted by atomic mass is 9.86. The second-order valence-electron chi connectivity index (χ2n) is 6.55. The number of likely N-dealkylation sites (tertiary alicyclic amines) is 2. The molecule has 3 amide bonds. The second-order valence-corrected chi connectivity index (χ2v) is 7.58. The van der Waals surface area contributed by atoms with Gasteiger partial charge in [-0.3, -0.25) is 14.4 Å². The first kappa shape index (κ1) is 17.0. The summed E-state index contributed by atoms with van der Waals surface area (Å²) in [6.45, 7) is 1.36. The Kier molecular flexibility index (Phi) is 4.89. The number of likely N-dealkylation sites (N-methyl/N-ethyl adjacent to an activating group) is 1. The fraction of sp³-hybridized carbons (Fsp3) is 0.588. The maximum Gasteiger partial charge on any atom is 0.239 e. The lowest BCUT2D eigenvalue weighted by Gasteiger charge is -2.45. The Bertz CT molecular complexity index is 631. The van der Waals surface area contributed by atoms with E-state index in [1.54, 1.807) is 23.3 Å². The third-order valence-corrected chi connectivity index (χ3v) is 5.95. The van der Waals surface area contributed by atoms with Crippen LogP contribution in [-0.2, 0) is 20.8 Å². The fourth-order valence-electron chi connectivity index (χ4n) is 3.78.